The number of methoxy groups -OCH3 is 2. The molecule has 1 atom stereocenters. The second kappa shape index (κ2) is 9.66. The molecule has 1 aliphatic heterocycles. The van der Waals surface area contributed by atoms with Gasteiger partial charge in [-0.1, -0.05) is 24.3 Å². The van der Waals surface area contributed by atoms with Crippen molar-refractivity contribution in [3.8, 4) is 11.5 Å². The molecule has 31 heavy (non-hydrogen) atoms. The van der Waals surface area contributed by atoms with Crippen LogP contribution < -0.4 is 25.4 Å². The summed E-state index contributed by atoms with van der Waals surface area (Å²) in [5.41, 5.74) is 1.93. The zero-order chi connectivity index (χ0) is 22.4. The van der Waals surface area contributed by atoms with E-state index in [0.717, 1.165) is 0 Å². The maximum absolute atomic E-state index is 12.2. The van der Waals surface area contributed by atoms with Crippen molar-refractivity contribution in [2.24, 2.45) is 0 Å². The monoisotopic (exact) mass is 425 g/mol. The summed E-state index contributed by atoms with van der Waals surface area (Å²) in [5, 5.41) is 8.00. The number of hydrogen-bond acceptors (Lipinski definition) is 6. The van der Waals surface area contributed by atoms with Gasteiger partial charge in [0.05, 0.1) is 25.8 Å². The summed E-state index contributed by atoms with van der Waals surface area (Å²) in [7, 11) is 2.73. The highest BCUT2D eigenvalue weighted by Gasteiger charge is 2.32. The molecular weight excluding hydrogens is 402 g/mol. The van der Waals surface area contributed by atoms with Crippen molar-refractivity contribution >= 4 is 23.6 Å². The van der Waals surface area contributed by atoms with E-state index in [-0.39, 0.29) is 18.1 Å². The minimum Gasteiger partial charge on any atom is -0.493 e. The van der Waals surface area contributed by atoms with Gasteiger partial charge in [-0.25, -0.2) is 9.59 Å². The Hall–Kier alpha value is -4.01. The lowest BCUT2D eigenvalue weighted by atomic mass is 9.95. The molecule has 1 heterocycles. The zero-order valence-corrected chi connectivity index (χ0v) is 17.4. The number of anilines is 1. The van der Waals surface area contributed by atoms with E-state index in [1.165, 1.54) is 14.2 Å². The number of allylic oxidation sites excluding steroid dienone is 1. The van der Waals surface area contributed by atoms with Crippen LogP contribution in [0.25, 0.3) is 0 Å². The molecule has 0 saturated carbocycles. The number of amides is 3. The van der Waals surface area contributed by atoms with Gasteiger partial charge < -0.3 is 30.2 Å². The van der Waals surface area contributed by atoms with E-state index in [9.17, 15) is 14.4 Å². The maximum atomic E-state index is 12.2. The fourth-order valence-electron chi connectivity index (χ4n) is 3.17. The summed E-state index contributed by atoms with van der Waals surface area (Å²) in [4.78, 5) is 36.3. The van der Waals surface area contributed by atoms with Crippen molar-refractivity contribution in [2.45, 2.75) is 13.0 Å². The van der Waals surface area contributed by atoms with Crippen LogP contribution in [0.2, 0.25) is 0 Å². The third kappa shape index (κ3) is 5.13. The normalized spacial score (nSPS) is 15.5. The molecule has 0 aliphatic carbocycles. The van der Waals surface area contributed by atoms with Crippen LogP contribution >= 0.6 is 0 Å². The molecule has 3 N–H and O–H groups in total. The molecule has 0 fully saturated rings. The summed E-state index contributed by atoms with van der Waals surface area (Å²) < 4.78 is 15.8. The number of carbonyl (C=O) groups excluding carboxylic acids is 3. The molecule has 9 heteroatoms. The Bertz CT molecular complexity index is 1020. The van der Waals surface area contributed by atoms with E-state index in [0.29, 0.717) is 28.4 Å². The van der Waals surface area contributed by atoms with Crippen molar-refractivity contribution in [3.05, 3.63) is 65.4 Å². The second-order valence-corrected chi connectivity index (χ2v) is 6.67. The van der Waals surface area contributed by atoms with Gasteiger partial charge in [0.1, 0.15) is 0 Å². The summed E-state index contributed by atoms with van der Waals surface area (Å²) in [6.45, 7) is 1.40. The van der Waals surface area contributed by atoms with Gasteiger partial charge in [0, 0.05) is 11.4 Å². The molecule has 2 aromatic carbocycles. The largest absolute Gasteiger partial charge is 0.493 e. The number of carbonyl (C=O) groups is 3. The van der Waals surface area contributed by atoms with Gasteiger partial charge in [-0.2, -0.15) is 0 Å². The molecule has 9 nitrogen and oxygen atoms in total. The number of benzene rings is 2. The van der Waals surface area contributed by atoms with E-state index in [4.69, 9.17) is 14.2 Å². The molecular formula is C22H23N3O6. The molecule has 2 aromatic rings. The number of esters is 1. The number of hydrogen-bond donors (Lipinski definition) is 3. The standard InChI is InChI=1S/C22H23N3O6/c1-13-19(21(27)30-3)20(25-22(28)23-13)14-9-10-16(17(11-14)29-2)31-12-18(26)24-15-7-5-4-6-8-15/h4-11,20H,12H2,1-3H3,(H,24,26)(H2,23,25,28). The molecule has 1 unspecified atom stereocenters. The summed E-state index contributed by atoms with van der Waals surface area (Å²) in [6.07, 6.45) is 0. The molecule has 0 saturated heterocycles. The first-order chi connectivity index (χ1) is 14.9. The van der Waals surface area contributed by atoms with Crippen molar-refractivity contribution in [2.75, 3.05) is 26.1 Å². The Labute approximate surface area is 179 Å². The second-order valence-electron chi connectivity index (χ2n) is 6.67. The highest BCUT2D eigenvalue weighted by atomic mass is 16.5. The van der Waals surface area contributed by atoms with Crippen LogP contribution in [-0.4, -0.2) is 38.7 Å². The Kier molecular flexibility index (Phi) is 6.76. The number of para-hydroxylation sites is 1. The average molecular weight is 425 g/mol. The lowest BCUT2D eigenvalue weighted by Gasteiger charge is -2.28. The molecule has 1 aliphatic rings. The Morgan fingerprint density at radius 3 is 2.48 bits per heavy atom. The van der Waals surface area contributed by atoms with E-state index in [1.54, 1.807) is 37.3 Å². The third-order valence-corrected chi connectivity index (χ3v) is 4.61. The highest BCUT2D eigenvalue weighted by molar-refractivity contribution is 5.95. The first-order valence-electron chi connectivity index (χ1n) is 9.45. The van der Waals surface area contributed by atoms with Crippen LogP contribution in [0.1, 0.15) is 18.5 Å². The quantitative estimate of drug-likeness (QED) is 0.587. The fourth-order valence-corrected chi connectivity index (χ4v) is 3.17. The lowest BCUT2D eigenvalue weighted by molar-refractivity contribution is -0.136. The van der Waals surface area contributed by atoms with E-state index in [1.807, 2.05) is 18.2 Å². The Morgan fingerprint density at radius 1 is 1.06 bits per heavy atom. The van der Waals surface area contributed by atoms with Crippen molar-refractivity contribution in [1.82, 2.24) is 10.6 Å². The average Bonchev–Trinajstić information content (AvgIpc) is 2.77. The van der Waals surface area contributed by atoms with Crippen molar-refractivity contribution < 1.29 is 28.6 Å². The predicted molar refractivity (Wildman–Crippen MR) is 113 cm³/mol. The molecule has 3 rings (SSSR count). The van der Waals surface area contributed by atoms with Gasteiger partial charge in [-0.05, 0) is 36.8 Å². The minimum atomic E-state index is -0.731. The maximum Gasteiger partial charge on any atom is 0.337 e. The molecule has 0 aromatic heterocycles. The highest BCUT2D eigenvalue weighted by Crippen LogP contribution is 2.34. The minimum absolute atomic E-state index is 0.221. The lowest BCUT2D eigenvalue weighted by Crippen LogP contribution is -2.45. The van der Waals surface area contributed by atoms with E-state index < -0.39 is 18.0 Å². The summed E-state index contributed by atoms with van der Waals surface area (Å²) >= 11 is 0. The predicted octanol–water partition coefficient (Wildman–Crippen LogP) is 2.51. The molecule has 0 radical (unpaired) electrons. The Morgan fingerprint density at radius 2 is 1.81 bits per heavy atom. The zero-order valence-electron chi connectivity index (χ0n) is 17.4. The first kappa shape index (κ1) is 21.7. The molecule has 3 amide bonds. The number of ether oxygens (including phenoxy) is 3. The van der Waals surface area contributed by atoms with Gasteiger partial charge in [0.15, 0.2) is 18.1 Å². The van der Waals surface area contributed by atoms with Crippen LogP contribution in [0.4, 0.5) is 10.5 Å². The van der Waals surface area contributed by atoms with E-state index >= 15 is 0 Å². The third-order valence-electron chi connectivity index (χ3n) is 4.61. The van der Waals surface area contributed by atoms with Gasteiger partial charge in [0.25, 0.3) is 5.91 Å². The first-order valence-corrected chi connectivity index (χ1v) is 9.45. The van der Waals surface area contributed by atoms with Crippen LogP contribution in [0.5, 0.6) is 11.5 Å². The fraction of sp³-hybridized carbons (Fsp3) is 0.227. The molecule has 0 bridgehead atoms. The van der Waals surface area contributed by atoms with Crippen LogP contribution in [0.3, 0.4) is 0 Å². The van der Waals surface area contributed by atoms with Gasteiger partial charge in [-0.3, -0.25) is 4.79 Å². The number of rotatable bonds is 7. The smallest absolute Gasteiger partial charge is 0.337 e. The van der Waals surface area contributed by atoms with Crippen LogP contribution in [0.15, 0.2) is 59.8 Å². The molecule has 162 valence electrons. The summed E-state index contributed by atoms with van der Waals surface area (Å²) in [5.74, 6) is -0.198. The van der Waals surface area contributed by atoms with E-state index in [2.05, 4.69) is 16.0 Å². The van der Waals surface area contributed by atoms with Crippen LogP contribution in [0, 0.1) is 0 Å². The van der Waals surface area contributed by atoms with Crippen molar-refractivity contribution in [1.29, 1.82) is 0 Å². The van der Waals surface area contributed by atoms with Gasteiger partial charge >= 0.3 is 12.0 Å². The van der Waals surface area contributed by atoms with Crippen LogP contribution in [-0.2, 0) is 14.3 Å². The SMILES string of the molecule is COC(=O)C1=C(C)NC(=O)NC1c1ccc(OCC(=O)Nc2ccccc2)c(OC)c1. The molecule has 0 spiro atoms. The Balaban J connectivity index is 1.77. The number of nitrogens with one attached hydrogen (secondary N) is 3. The number of urea groups is 1. The summed E-state index contributed by atoms with van der Waals surface area (Å²) in [6, 6.07) is 12.8. The topological polar surface area (TPSA) is 115 Å². The van der Waals surface area contributed by atoms with Gasteiger partial charge in [0.2, 0.25) is 0 Å². The van der Waals surface area contributed by atoms with Gasteiger partial charge in [-0.15, -0.1) is 0 Å². The van der Waals surface area contributed by atoms with Crippen molar-refractivity contribution in [3.63, 3.8) is 0 Å².